The first kappa shape index (κ1) is 20.3. The van der Waals surface area contributed by atoms with Gasteiger partial charge in [0.25, 0.3) is 0 Å². The molecule has 0 amide bonds. The summed E-state index contributed by atoms with van der Waals surface area (Å²) in [5.41, 5.74) is 1.80. The minimum atomic E-state index is -6.57. The fourth-order valence-corrected chi connectivity index (χ4v) is 12.3. The van der Waals surface area contributed by atoms with Crippen molar-refractivity contribution in [3.63, 3.8) is 0 Å². The summed E-state index contributed by atoms with van der Waals surface area (Å²) in [6.07, 6.45) is 10.1. The van der Waals surface area contributed by atoms with Crippen molar-refractivity contribution in [3.05, 3.63) is 60.3 Å². The minimum absolute atomic E-state index is 0.230. The topological polar surface area (TPSA) is 40.6 Å². The zero-order valence-electron chi connectivity index (χ0n) is 17.9. The molecule has 1 aliphatic carbocycles. The third-order valence-electron chi connectivity index (χ3n) is 8.09. The second-order valence-electron chi connectivity index (χ2n) is 14.7. The standard InChI is InChI=1S/C10H9NO.C5H5.2CH3O.5CH3.Ti/c1-7-6-11-9-5-3-2-4-8(9)10(7)12;1-2-4-5-3-1;2*1-2;;;;;;/h2-6H,1H3,(H,11,12);1-5H;2*1H3;5*1H3;/q;;2*-1;;;;;;+3/p-1. The maximum atomic E-state index is 7.33. The molecule has 27 heavy (non-hydrogen) atoms. The summed E-state index contributed by atoms with van der Waals surface area (Å²) in [7, 11) is 3.40. The van der Waals surface area contributed by atoms with Gasteiger partial charge in [0.15, 0.2) is 0 Å². The molecule has 1 aromatic heterocycles. The molecule has 1 aromatic carbocycles. The number of rotatable bonds is 5. The molecule has 0 aliphatic heterocycles. The van der Waals surface area contributed by atoms with Gasteiger partial charge in [-0.2, -0.15) is 0 Å². The zero-order valence-corrected chi connectivity index (χ0v) is 19.5. The van der Waals surface area contributed by atoms with Gasteiger partial charge in [0.1, 0.15) is 0 Å². The average Bonchev–Trinajstić information content (AvgIpc) is 3.16. The Hall–Kier alpha value is -1.46. The molecule has 0 saturated heterocycles. The normalized spacial score (nSPS) is 22.9. The number of hydrogen-bond donors (Lipinski definition) is 0. The van der Waals surface area contributed by atoms with Crippen molar-refractivity contribution in [2.45, 2.75) is 37.3 Å². The fourth-order valence-electron chi connectivity index (χ4n) is 4.14. The summed E-state index contributed by atoms with van der Waals surface area (Å²) in [6, 6.07) is 7.98. The van der Waals surface area contributed by atoms with Crippen LogP contribution < -0.4 is 3.32 Å². The molecule has 5 heteroatoms. The van der Waals surface area contributed by atoms with Gasteiger partial charge in [-0.3, -0.25) is 0 Å². The second kappa shape index (κ2) is 3.48. The van der Waals surface area contributed by atoms with Crippen LogP contribution in [0.1, 0.15) is 5.56 Å². The number of aryl methyl sites for hydroxylation is 1. The van der Waals surface area contributed by atoms with E-state index in [2.05, 4.69) is 43.3 Å². The Morgan fingerprint density at radius 3 is 2.00 bits per heavy atom. The molecular formula is C22H34NO3Ti. The third kappa shape index (κ3) is 2.44. The van der Waals surface area contributed by atoms with Crippen LogP contribution >= 0.6 is 0 Å². The van der Waals surface area contributed by atoms with E-state index in [0.29, 0.717) is 0 Å². The van der Waals surface area contributed by atoms with Gasteiger partial charge in [-0.1, -0.05) is 0 Å². The number of para-hydroxylation sites is 1. The molecule has 2 aromatic rings. The van der Waals surface area contributed by atoms with Crippen molar-refractivity contribution in [3.8, 4) is 5.75 Å². The monoisotopic (exact) mass is 408 g/mol. The third-order valence-corrected chi connectivity index (χ3v) is 25.7. The summed E-state index contributed by atoms with van der Waals surface area (Å²) < 4.78 is 20.5. The van der Waals surface area contributed by atoms with Crippen molar-refractivity contribution in [1.29, 1.82) is 0 Å². The predicted octanol–water partition coefficient (Wildman–Crippen LogP) is 6.95. The van der Waals surface area contributed by atoms with Gasteiger partial charge in [0, 0.05) is 0 Å². The molecule has 0 unspecified atom stereocenters. The number of allylic oxidation sites excluding steroid dienone is 4. The SMILES string of the molecule is C[O][Ti]([CH3])([CH3])([CH3])([CH3])([CH3])([O]C)([O]c1c(C)cnc2ccccc12)[CH]1C=CC=C1. The van der Waals surface area contributed by atoms with E-state index in [1.807, 2.05) is 49.5 Å². The van der Waals surface area contributed by atoms with E-state index in [9.17, 15) is 0 Å². The maximum absolute atomic E-state index is 7.33. The number of fused-ring (bicyclic) bond motifs is 1. The molecule has 4 nitrogen and oxygen atoms in total. The summed E-state index contributed by atoms with van der Waals surface area (Å²) in [6.45, 7) is 2.00. The zero-order chi connectivity index (χ0) is 20.4. The Morgan fingerprint density at radius 1 is 0.889 bits per heavy atom. The van der Waals surface area contributed by atoms with Crippen molar-refractivity contribution in [2.24, 2.45) is 0 Å². The molecule has 0 N–H and O–H groups in total. The Bertz CT molecular complexity index is 1100. The molecule has 1 heterocycles. The molecule has 149 valence electrons. The van der Waals surface area contributed by atoms with E-state index in [0.717, 1.165) is 22.2 Å². The van der Waals surface area contributed by atoms with Gasteiger partial charge < -0.3 is 0 Å². The van der Waals surface area contributed by atoms with Crippen LogP contribution in [0.25, 0.3) is 10.9 Å². The first-order valence-corrected chi connectivity index (χ1v) is 20.3. The van der Waals surface area contributed by atoms with Gasteiger partial charge in [-0.05, 0) is 0 Å². The molecule has 0 fully saturated rings. The summed E-state index contributed by atoms with van der Waals surface area (Å²) in [5.74, 6) is 0.735. The second-order valence-corrected chi connectivity index (χ2v) is 48.9. The summed E-state index contributed by atoms with van der Waals surface area (Å²) in [5, 5.41) is 11.2. The number of benzene rings is 1. The number of nitrogens with zero attached hydrogens (tertiary/aromatic N) is 1. The van der Waals surface area contributed by atoms with E-state index >= 15 is 0 Å². The molecule has 0 radical (unpaired) electrons. The van der Waals surface area contributed by atoms with Crippen molar-refractivity contribution in [2.75, 3.05) is 14.2 Å². The Morgan fingerprint density at radius 2 is 1.44 bits per heavy atom. The predicted molar refractivity (Wildman–Crippen MR) is 112 cm³/mol. The van der Waals surface area contributed by atoms with Crippen LogP contribution in [0.4, 0.5) is 0 Å². The average molecular weight is 408 g/mol. The van der Waals surface area contributed by atoms with E-state index in [1.54, 1.807) is 14.2 Å². The first-order valence-electron chi connectivity index (χ1n) is 9.69. The van der Waals surface area contributed by atoms with Crippen LogP contribution in [-0.2, 0) is 18.0 Å². The van der Waals surface area contributed by atoms with E-state index in [-0.39, 0.29) is 4.22 Å². The Kier molecular flexibility index (Phi) is 2.61. The first-order chi connectivity index (χ1) is 11.9. The molecule has 0 bridgehead atoms. The van der Waals surface area contributed by atoms with Crippen LogP contribution in [0, 0.1) is 6.92 Å². The van der Waals surface area contributed by atoms with Gasteiger partial charge in [0.2, 0.25) is 0 Å². The number of pyridine rings is 1. The van der Waals surface area contributed by atoms with E-state index < -0.39 is 11.3 Å². The molecule has 0 atom stereocenters. The van der Waals surface area contributed by atoms with Crippen molar-refractivity contribution < 1.29 is 21.3 Å². The molecule has 3 rings (SSSR count). The van der Waals surface area contributed by atoms with E-state index in [1.165, 1.54) is 0 Å². The van der Waals surface area contributed by atoms with Crippen molar-refractivity contribution in [1.82, 2.24) is 4.98 Å². The van der Waals surface area contributed by atoms with Gasteiger partial charge >= 0.3 is 155 Å². The molecule has 1 aliphatic rings. The quantitative estimate of drug-likeness (QED) is 0.502. The van der Waals surface area contributed by atoms with Crippen LogP contribution in [0.5, 0.6) is 5.75 Å². The fraction of sp³-hybridized carbons (Fsp3) is 0.409. The summed E-state index contributed by atoms with van der Waals surface area (Å²) >= 11 is -6.57. The molecular weight excluding hydrogens is 374 g/mol. The molecule has 0 spiro atoms. The number of aromatic nitrogens is 1. The Balaban J connectivity index is 2.56. The van der Waals surface area contributed by atoms with Gasteiger partial charge in [0.05, 0.1) is 0 Å². The summed E-state index contributed by atoms with van der Waals surface area (Å²) in [4.78, 5) is 4.56. The van der Waals surface area contributed by atoms with Crippen LogP contribution in [0.15, 0.2) is 54.8 Å². The van der Waals surface area contributed by atoms with Crippen LogP contribution in [0.3, 0.4) is 0 Å². The van der Waals surface area contributed by atoms with Gasteiger partial charge in [-0.15, -0.1) is 0 Å². The van der Waals surface area contributed by atoms with Crippen LogP contribution in [0.2, 0.25) is 30.4 Å². The molecule has 0 saturated carbocycles. The van der Waals surface area contributed by atoms with Gasteiger partial charge in [-0.25, -0.2) is 0 Å². The van der Waals surface area contributed by atoms with E-state index in [4.69, 9.17) is 9.96 Å². The Labute approximate surface area is 154 Å². The van der Waals surface area contributed by atoms with Crippen molar-refractivity contribution >= 4 is 10.9 Å². The van der Waals surface area contributed by atoms with Crippen LogP contribution in [-0.4, -0.2) is 19.2 Å². The number of hydrogen-bond acceptors (Lipinski definition) is 4.